The number of hydrogen-bond acceptors (Lipinski definition) is 5. The SMILES string of the molecule is CC(=O)NC[C@H]1CN(c2ccc(-c3ccc(N)nc3)c(F)c2)C(=O)O1. The molecule has 1 saturated heterocycles. The molecular formula is C17H17FN4O3. The minimum absolute atomic E-state index is 0.206. The van der Waals surface area contributed by atoms with Gasteiger partial charge in [0.2, 0.25) is 5.91 Å². The van der Waals surface area contributed by atoms with Gasteiger partial charge in [0.25, 0.3) is 0 Å². The summed E-state index contributed by atoms with van der Waals surface area (Å²) >= 11 is 0. The molecule has 25 heavy (non-hydrogen) atoms. The van der Waals surface area contributed by atoms with E-state index in [0.717, 1.165) is 0 Å². The van der Waals surface area contributed by atoms with Crippen molar-refractivity contribution in [2.45, 2.75) is 13.0 Å². The van der Waals surface area contributed by atoms with Crippen LogP contribution in [0.5, 0.6) is 0 Å². The third-order valence-corrected chi connectivity index (χ3v) is 3.81. The topological polar surface area (TPSA) is 97.5 Å². The van der Waals surface area contributed by atoms with E-state index in [2.05, 4.69) is 10.3 Å². The number of rotatable bonds is 4. The van der Waals surface area contributed by atoms with Crippen LogP contribution in [0.25, 0.3) is 11.1 Å². The number of nitrogens with one attached hydrogen (secondary N) is 1. The number of pyridine rings is 1. The summed E-state index contributed by atoms with van der Waals surface area (Å²) in [6.45, 7) is 1.84. The number of nitrogen functional groups attached to an aromatic ring is 1. The predicted molar refractivity (Wildman–Crippen MR) is 90.3 cm³/mol. The molecule has 8 heteroatoms. The molecule has 1 aromatic carbocycles. The normalized spacial score (nSPS) is 16.6. The van der Waals surface area contributed by atoms with Gasteiger partial charge in [0.1, 0.15) is 17.7 Å². The number of anilines is 2. The lowest BCUT2D eigenvalue weighted by atomic mass is 10.1. The minimum atomic E-state index is -0.573. The number of ether oxygens (including phenoxy) is 1. The summed E-state index contributed by atoms with van der Waals surface area (Å²) < 4.78 is 19.6. The summed E-state index contributed by atoms with van der Waals surface area (Å²) in [4.78, 5) is 28.2. The Morgan fingerprint density at radius 2 is 2.24 bits per heavy atom. The second kappa shape index (κ2) is 6.76. The molecule has 7 nitrogen and oxygen atoms in total. The van der Waals surface area contributed by atoms with E-state index in [0.29, 0.717) is 22.6 Å². The van der Waals surface area contributed by atoms with Crippen LogP contribution >= 0.6 is 0 Å². The number of aromatic nitrogens is 1. The van der Waals surface area contributed by atoms with Gasteiger partial charge >= 0.3 is 6.09 Å². The predicted octanol–water partition coefficient (Wildman–Crippen LogP) is 1.93. The highest BCUT2D eigenvalue weighted by Gasteiger charge is 2.32. The van der Waals surface area contributed by atoms with E-state index in [4.69, 9.17) is 10.5 Å². The number of hydrogen-bond donors (Lipinski definition) is 2. The zero-order chi connectivity index (χ0) is 18.0. The van der Waals surface area contributed by atoms with Crippen LogP contribution in [0.2, 0.25) is 0 Å². The number of halogens is 1. The third-order valence-electron chi connectivity index (χ3n) is 3.81. The largest absolute Gasteiger partial charge is 0.442 e. The van der Waals surface area contributed by atoms with Crippen LogP contribution in [0.15, 0.2) is 36.5 Å². The Kier molecular flexibility index (Phi) is 4.51. The summed E-state index contributed by atoms with van der Waals surface area (Å²) in [7, 11) is 0. The van der Waals surface area contributed by atoms with Crippen LogP contribution in [0.1, 0.15) is 6.92 Å². The zero-order valence-electron chi connectivity index (χ0n) is 13.5. The Hall–Kier alpha value is -3.16. The van der Waals surface area contributed by atoms with E-state index in [1.807, 2.05) is 0 Å². The Labute approximate surface area is 143 Å². The molecular weight excluding hydrogens is 327 g/mol. The molecule has 0 unspecified atom stereocenters. The second-order valence-electron chi connectivity index (χ2n) is 5.69. The molecule has 1 aliphatic heterocycles. The van der Waals surface area contributed by atoms with Gasteiger partial charge < -0.3 is 15.8 Å². The lowest BCUT2D eigenvalue weighted by molar-refractivity contribution is -0.119. The highest BCUT2D eigenvalue weighted by molar-refractivity contribution is 5.90. The molecule has 1 atom stereocenters. The van der Waals surface area contributed by atoms with Gasteiger partial charge in [0, 0.05) is 24.2 Å². The lowest BCUT2D eigenvalue weighted by Crippen LogP contribution is -2.33. The highest BCUT2D eigenvalue weighted by Crippen LogP contribution is 2.28. The van der Waals surface area contributed by atoms with Gasteiger partial charge in [-0.2, -0.15) is 0 Å². The van der Waals surface area contributed by atoms with Crippen molar-refractivity contribution in [3.63, 3.8) is 0 Å². The van der Waals surface area contributed by atoms with Crippen LogP contribution < -0.4 is 16.0 Å². The maximum atomic E-state index is 14.5. The summed E-state index contributed by atoms with van der Waals surface area (Å²) in [5.41, 5.74) is 6.87. The van der Waals surface area contributed by atoms with E-state index in [9.17, 15) is 14.0 Å². The molecule has 0 aliphatic carbocycles. The molecule has 1 fully saturated rings. The molecule has 1 aliphatic rings. The first-order valence-electron chi connectivity index (χ1n) is 7.68. The Balaban J connectivity index is 1.77. The molecule has 130 valence electrons. The average molecular weight is 344 g/mol. The van der Waals surface area contributed by atoms with E-state index in [1.165, 1.54) is 24.1 Å². The van der Waals surface area contributed by atoms with Gasteiger partial charge in [-0.25, -0.2) is 14.2 Å². The van der Waals surface area contributed by atoms with Gasteiger partial charge in [-0.15, -0.1) is 0 Å². The molecule has 0 bridgehead atoms. The number of benzene rings is 1. The van der Waals surface area contributed by atoms with Crippen LogP contribution in [0.3, 0.4) is 0 Å². The van der Waals surface area contributed by atoms with E-state index < -0.39 is 18.0 Å². The fourth-order valence-corrected chi connectivity index (χ4v) is 2.57. The Bertz CT molecular complexity index is 810. The van der Waals surface area contributed by atoms with Crippen molar-refractivity contribution in [3.05, 3.63) is 42.3 Å². The summed E-state index contributed by atoms with van der Waals surface area (Å²) in [6.07, 6.45) is 0.443. The van der Waals surface area contributed by atoms with Crippen LogP contribution in [0, 0.1) is 5.82 Å². The monoisotopic (exact) mass is 344 g/mol. The van der Waals surface area contributed by atoms with Crippen molar-refractivity contribution in [1.82, 2.24) is 10.3 Å². The van der Waals surface area contributed by atoms with Crippen molar-refractivity contribution >= 4 is 23.5 Å². The van der Waals surface area contributed by atoms with Crippen molar-refractivity contribution in [2.24, 2.45) is 0 Å². The van der Waals surface area contributed by atoms with Gasteiger partial charge in [-0.05, 0) is 30.3 Å². The van der Waals surface area contributed by atoms with E-state index >= 15 is 0 Å². The maximum Gasteiger partial charge on any atom is 0.414 e. The molecule has 2 aromatic rings. The summed E-state index contributed by atoms with van der Waals surface area (Å²) in [5.74, 6) is -0.338. The average Bonchev–Trinajstić information content (AvgIpc) is 2.95. The summed E-state index contributed by atoms with van der Waals surface area (Å²) in [5, 5.41) is 2.59. The fourth-order valence-electron chi connectivity index (χ4n) is 2.57. The molecule has 3 N–H and O–H groups in total. The van der Waals surface area contributed by atoms with Gasteiger partial charge in [0.05, 0.1) is 18.8 Å². The first-order valence-corrected chi connectivity index (χ1v) is 7.68. The second-order valence-corrected chi connectivity index (χ2v) is 5.69. The van der Waals surface area contributed by atoms with E-state index in [1.54, 1.807) is 24.3 Å². The van der Waals surface area contributed by atoms with Crippen LogP contribution in [-0.2, 0) is 9.53 Å². The zero-order valence-corrected chi connectivity index (χ0v) is 13.5. The van der Waals surface area contributed by atoms with Gasteiger partial charge in [-0.1, -0.05) is 0 Å². The number of nitrogens with two attached hydrogens (primary N) is 1. The smallest absolute Gasteiger partial charge is 0.414 e. The molecule has 1 aromatic heterocycles. The number of carbonyl (C=O) groups is 2. The number of carbonyl (C=O) groups excluding carboxylic acids is 2. The number of nitrogens with zero attached hydrogens (tertiary/aromatic N) is 2. The minimum Gasteiger partial charge on any atom is -0.442 e. The van der Waals surface area contributed by atoms with Crippen LogP contribution in [0.4, 0.5) is 20.7 Å². The first kappa shape index (κ1) is 16.7. The molecule has 0 saturated carbocycles. The summed E-state index contributed by atoms with van der Waals surface area (Å²) in [6, 6.07) is 7.75. The Morgan fingerprint density at radius 1 is 1.44 bits per heavy atom. The molecule has 2 amide bonds. The third kappa shape index (κ3) is 3.68. The van der Waals surface area contributed by atoms with E-state index in [-0.39, 0.29) is 19.0 Å². The molecule has 2 heterocycles. The van der Waals surface area contributed by atoms with Crippen LogP contribution in [-0.4, -0.2) is 36.2 Å². The standard InChI is InChI=1S/C17H17FN4O3/c1-10(23)20-8-13-9-22(17(24)25-13)12-3-4-14(15(18)6-12)11-2-5-16(19)21-7-11/h2-7,13H,8-9H2,1H3,(H2,19,21)(H,20,23)/t13-/m0/s1. The van der Waals surface area contributed by atoms with Gasteiger partial charge in [-0.3, -0.25) is 9.69 Å². The van der Waals surface area contributed by atoms with Crippen molar-refractivity contribution in [1.29, 1.82) is 0 Å². The van der Waals surface area contributed by atoms with Gasteiger partial charge in [0.15, 0.2) is 0 Å². The molecule has 3 rings (SSSR count). The Morgan fingerprint density at radius 3 is 2.88 bits per heavy atom. The maximum absolute atomic E-state index is 14.5. The van der Waals surface area contributed by atoms with Crippen molar-refractivity contribution in [2.75, 3.05) is 23.7 Å². The quantitative estimate of drug-likeness (QED) is 0.883. The van der Waals surface area contributed by atoms with Crippen molar-refractivity contribution in [3.8, 4) is 11.1 Å². The number of cyclic esters (lactones) is 1. The first-order chi connectivity index (χ1) is 11.9. The van der Waals surface area contributed by atoms with Crippen molar-refractivity contribution < 1.29 is 18.7 Å². The number of amides is 2. The highest BCUT2D eigenvalue weighted by atomic mass is 19.1. The fraction of sp³-hybridized carbons (Fsp3) is 0.235. The molecule has 0 spiro atoms. The molecule has 0 radical (unpaired) electrons. The lowest BCUT2D eigenvalue weighted by Gasteiger charge is -2.14.